The molecule has 1 aliphatic heterocycles. The Hall–Kier alpha value is -3.39. The van der Waals surface area contributed by atoms with Crippen molar-refractivity contribution in [2.45, 2.75) is 19.4 Å². The first-order chi connectivity index (χ1) is 15.2. The molecule has 0 bridgehead atoms. The molecule has 2 heterocycles. The topological polar surface area (TPSA) is 89.7 Å². The molecule has 0 unspecified atom stereocenters. The first-order valence-corrected chi connectivity index (χ1v) is 10.3. The molecular weight excluding hydrogens is 396 g/mol. The molecule has 31 heavy (non-hydrogen) atoms. The third kappa shape index (κ3) is 5.03. The van der Waals surface area contributed by atoms with Crippen LogP contribution in [0.4, 0.5) is 5.69 Å². The maximum Gasteiger partial charge on any atom is 0.241 e. The summed E-state index contributed by atoms with van der Waals surface area (Å²) in [5.74, 6) is 2.39. The summed E-state index contributed by atoms with van der Waals surface area (Å²) in [6, 6.07) is 15.1. The van der Waals surface area contributed by atoms with Crippen LogP contribution in [0.5, 0.6) is 11.5 Å². The summed E-state index contributed by atoms with van der Waals surface area (Å²) < 4.78 is 16.0. The summed E-state index contributed by atoms with van der Waals surface area (Å²) in [6.45, 7) is 2.18. The highest BCUT2D eigenvalue weighted by Gasteiger charge is 2.26. The SMILES string of the molecule is COc1ccc(NC(=O)C2CCN(Cc3nc(-c4ccccc4)no3)CC2)cc1OC. The van der Waals surface area contributed by atoms with E-state index >= 15 is 0 Å². The number of ether oxygens (including phenoxy) is 2. The number of methoxy groups -OCH3 is 2. The lowest BCUT2D eigenvalue weighted by atomic mass is 9.96. The molecule has 8 nitrogen and oxygen atoms in total. The molecule has 1 aromatic heterocycles. The monoisotopic (exact) mass is 422 g/mol. The number of amides is 1. The molecule has 0 radical (unpaired) electrons. The minimum Gasteiger partial charge on any atom is -0.493 e. The molecule has 8 heteroatoms. The Balaban J connectivity index is 1.29. The van der Waals surface area contributed by atoms with Crippen molar-refractivity contribution in [1.82, 2.24) is 15.0 Å². The van der Waals surface area contributed by atoms with Crippen molar-refractivity contribution in [2.24, 2.45) is 5.92 Å². The van der Waals surface area contributed by atoms with Gasteiger partial charge >= 0.3 is 0 Å². The molecule has 0 aliphatic carbocycles. The summed E-state index contributed by atoms with van der Waals surface area (Å²) in [6.07, 6.45) is 1.55. The largest absolute Gasteiger partial charge is 0.493 e. The Labute approximate surface area is 181 Å². The highest BCUT2D eigenvalue weighted by Crippen LogP contribution is 2.30. The molecule has 1 saturated heterocycles. The van der Waals surface area contributed by atoms with Gasteiger partial charge in [0.15, 0.2) is 11.5 Å². The Bertz CT molecular complexity index is 1010. The van der Waals surface area contributed by atoms with Crippen LogP contribution in [0, 0.1) is 5.92 Å². The third-order valence-electron chi connectivity index (χ3n) is 5.47. The lowest BCUT2D eigenvalue weighted by Crippen LogP contribution is -2.37. The van der Waals surface area contributed by atoms with Gasteiger partial charge in [0.1, 0.15) is 0 Å². The highest BCUT2D eigenvalue weighted by molar-refractivity contribution is 5.93. The van der Waals surface area contributed by atoms with E-state index in [0.717, 1.165) is 31.5 Å². The summed E-state index contributed by atoms with van der Waals surface area (Å²) in [7, 11) is 3.16. The third-order valence-corrected chi connectivity index (χ3v) is 5.47. The molecule has 4 rings (SSSR count). The second kappa shape index (κ2) is 9.61. The van der Waals surface area contributed by atoms with Gasteiger partial charge in [-0.2, -0.15) is 4.98 Å². The van der Waals surface area contributed by atoms with Crippen molar-refractivity contribution in [3.63, 3.8) is 0 Å². The van der Waals surface area contributed by atoms with E-state index in [1.165, 1.54) is 0 Å². The summed E-state index contributed by atoms with van der Waals surface area (Å²) >= 11 is 0. The van der Waals surface area contributed by atoms with Crippen LogP contribution in [0.3, 0.4) is 0 Å². The summed E-state index contributed by atoms with van der Waals surface area (Å²) in [5.41, 5.74) is 1.63. The Morgan fingerprint density at radius 2 is 1.84 bits per heavy atom. The van der Waals surface area contributed by atoms with Crippen LogP contribution in [0.2, 0.25) is 0 Å². The molecule has 162 valence electrons. The quantitative estimate of drug-likeness (QED) is 0.622. The van der Waals surface area contributed by atoms with E-state index in [2.05, 4.69) is 20.4 Å². The van der Waals surface area contributed by atoms with Crippen LogP contribution >= 0.6 is 0 Å². The van der Waals surface area contributed by atoms with Gasteiger partial charge in [-0.25, -0.2) is 0 Å². The maximum absolute atomic E-state index is 12.7. The number of anilines is 1. The zero-order valence-electron chi connectivity index (χ0n) is 17.7. The van der Waals surface area contributed by atoms with Gasteiger partial charge in [-0.05, 0) is 38.1 Å². The molecule has 0 spiro atoms. The zero-order chi connectivity index (χ0) is 21.6. The molecule has 1 N–H and O–H groups in total. The molecule has 2 aromatic carbocycles. The van der Waals surface area contributed by atoms with E-state index in [9.17, 15) is 4.79 Å². The van der Waals surface area contributed by atoms with Crippen molar-refractivity contribution < 1.29 is 18.8 Å². The summed E-state index contributed by atoms with van der Waals surface area (Å²) in [4.78, 5) is 19.4. The highest BCUT2D eigenvalue weighted by atomic mass is 16.5. The van der Waals surface area contributed by atoms with Crippen LogP contribution in [-0.2, 0) is 11.3 Å². The predicted molar refractivity (Wildman–Crippen MR) is 116 cm³/mol. The summed E-state index contributed by atoms with van der Waals surface area (Å²) in [5, 5.41) is 7.06. The minimum atomic E-state index is -0.0353. The zero-order valence-corrected chi connectivity index (χ0v) is 17.7. The number of aromatic nitrogens is 2. The first kappa shape index (κ1) is 20.9. The number of nitrogens with one attached hydrogen (secondary N) is 1. The molecule has 1 amide bonds. The van der Waals surface area contributed by atoms with Crippen molar-refractivity contribution in [2.75, 3.05) is 32.6 Å². The van der Waals surface area contributed by atoms with Crippen LogP contribution in [0.15, 0.2) is 53.1 Å². The number of carbonyl (C=O) groups is 1. The second-order valence-electron chi connectivity index (χ2n) is 7.49. The van der Waals surface area contributed by atoms with Crippen LogP contribution < -0.4 is 14.8 Å². The van der Waals surface area contributed by atoms with Gasteiger partial charge in [0.25, 0.3) is 0 Å². The average molecular weight is 422 g/mol. The lowest BCUT2D eigenvalue weighted by molar-refractivity contribution is -0.121. The van der Waals surface area contributed by atoms with Crippen molar-refractivity contribution in [3.05, 3.63) is 54.4 Å². The number of hydrogen-bond acceptors (Lipinski definition) is 7. The number of piperidine rings is 1. The van der Waals surface area contributed by atoms with E-state index in [4.69, 9.17) is 14.0 Å². The fraction of sp³-hybridized carbons (Fsp3) is 0.348. The predicted octanol–water partition coefficient (Wildman–Crippen LogP) is 3.60. The van der Waals surface area contributed by atoms with Gasteiger partial charge in [0, 0.05) is 23.2 Å². The molecule has 0 saturated carbocycles. The Kier molecular flexibility index (Phi) is 6.47. The normalized spacial score (nSPS) is 14.9. The van der Waals surface area contributed by atoms with Gasteiger partial charge in [-0.15, -0.1) is 0 Å². The van der Waals surface area contributed by atoms with E-state index in [0.29, 0.717) is 35.4 Å². The van der Waals surface area contributed by atoms with Crippen LogP contribution in [0.25, 0.3) is 11.4 Å². The smallest absolute Gasteiger partial charge is 0.241 e. The van der Waals surface area contributed by atoms with Crippen LogP contribution in [-0.4, -0.2) is 48.3 Å². The Morgan fingerprint density at radius 1 is 1.10 bits per heavy atom. The molecular formula is C23H26N4O4. The fourth-order valence-corrected chi connectivity index (χ4v) is 3.73. The van der Waals surface area contributed by atoms with Crippen molar-refractivity contribution in [3.8, 4) is 22.9 Å². The van der Waals surface area contributed by atoms with E-state index in [1.807, 2.05) is 36.4 Å². The van der Waals surface area contributed by atoms with Gasteiger partial charge in [-0.1, -0.05) is 35.5 Å². The van der Waals surface area contributed by atoms with Gasteiger partial charge in [-0.3, -0.25) is 9.69 Å². The van der Waals surface area contributed by atoms with Gasteiger partial charge < -0.3 is 19.3 Å². The first-order valence-electron chi connectivity index (χ1n) is 10.3. The minimum absolute atomic E-state index is 0.0241. The average Bonchev–Trinajstić information content (AvgIpc) is 3.28. The molecule has 0 atom stereocenters. The van der Waals surface area contributed by atoms with E-state index in [-0.39, 0.29) is 11.8 Å². The second-order valence-corrected chi connectivity index (χ2v) is 7.49. The van der Waals surface area contributed by atoms with Crippen molar-refractivity contribution >= 4 is 11.6 Å². The lowest BCUT2D eigenvalue weighted by Gasteiger charge is -2.30. The molecule has 3 aromatic rings. The Morgan fingerprint density at radius 3 is 2.55 bits per heavy atom. The number of hydrogen-bond donors (Lipinski definition) is 1. The number of nitrogens with zero attached hydrogens (tertiary/aromatic N) is 3. The van der Waals surface area contributed by atoms with Crippen molar-refractivity contribution in [1.29, 1.82) is 0 Å². The van der Waals surface area contributed by atoms with Crippen LogP contribution in [0.1, 0.15) is 18.7 Å². The van der Waals surface area contributed by atoms with E-state index < -0.39 is 0 Å². The van der Waals surface area contributed by atoms with E-state index in [1.54, 1.807) is 26.4 Å². The number of rotatable bonds is 7. The number of benzene rings is 2. The van der Waals surface area contributed by atoms with Gasteiger partial charge in [0.2, 0.25) is 17.6 Å². The number of carbonyl (C=O) groups excluding carboxylic acids is 1. The maximum atomic E-state index is 12.7. The molecule has 1 fully saturated rings. The molecule has 1 aliphatic rings. The fourth-order valence-electron chi connectivity index (χ4n) is 3.73. The number of likely N-dealkylation sites (tertiary alicyclic amines) is 1. The van der Waals surface area contributed by atoms with Gasteiger partial charge in [0.05, 0.1) is 20.8 Å². The standard InChI is InChI=1S/C23H26N4O4/c1-29-19-9-8-18(14-20(19)30-2)24-23(28)17-10-12-27(13-11-17)15-21-25-22(26-31-21)16-6-4-3-5-7-16/h3-9,14,17H,10-13,15H2,1-2H3,(H,24,28).